The molecule has 0 saturated carbocycles. The van der Waals surface area contributed by atoms with Crippen LogP contribution < -0.4 is 10.8 Å². The Morgan fingerprint density at radius 2 is 2.31 bits per heavy atom. The molecule has 0 atom stereocenters. The van der Waals surface area contributed by atoms with Crippen molar-refractivity contribution >= 4 is 36.4 Å². The molecule has 0 aliphatic heterocycles. The summed E-state index contributed by atoms with van der Waals surface area (Å²) in [7, 11) is -1.66. The zero-order valence-corrected chi connectivity index (χ0v) is 7.19. The van der Waals surface area contributed by atoms with Crippen molar-refractivity contribution in [3.8, 4) is 0 Å². The van der Waals surface area contributed by atoms with Gasteiger partial charge in [0.25, 0.3) is 0 Å². The van der Waals surface area contributed by atoms with Crippen LogP contribution in [0.3, 0.4) is 0 Å². The summed E-state index contributed by atoms with van der Waals surface area (Å²) >= 11 is 5.64. The first-order valence-electron chi connectivity index (χ1n) is 3.37. The number of pyridine rings is 1. The predicted octanol–water partition coefficient (Wildman–Crippen LogP) is -1.02. The Kier molecular flexibility index (Phi) is 3.24. The lowest BCUT2D eigenvalue weighted by Gasteiger charge is -2.03. The number of hydrogen-bond donors (Lipinski definition) is 3. The predicted molar refractivity (Wildman–Crippen MR) is 48.8 cm³/mol. The summed E-state index contributed by atoms with van der Waals surface area (Å²) in [5, 5.41) is 19.9. The number of amides is 1. The second-order valence-corrected chi connectivity index (χ2v) is 2.63. The fourth-order valence-electron chi connectivity index (χ4n) is 0.771. The third-order valence-corrected chi connectivity index (χ3v) is 1.69. The van der Waals surface area contributed by atoms with Crippen LogP contribution in [0.2, 0.25) is 5.02 Å². The third kappa shape index (κ3) is 2.41. The Hall–Kier alpha value is -1.11. The molecule has 0 spiro atoms. The highest BCUT2D eigenvalue weighted by atomic mass is 35.5. The van der Waals surface area contributed by atoms with Crippen molar-refractivity contribution in [2.24, 2.45) is 0 Å². The van der Waals surface area contributed by atoms with Gasteiger partial charge in [-0.05, 0) is 6.07 Å². The smallest absolute Gasteiger partial charge is 0.423 e. The second-order valence-electron chi connectivity index (χ2n) is 2.23. The van der Waals surface area contributed by atoms with E-state index in [2.05, 4.69) is 10.3 Å². The summed E-state index contributed by atoms with van der Waals surface area (Å²) in [6, 6.07) is 1.32. The topological polar surface area (TPSA) is 82.5 Å². The summed E-state index contributed by atoms with van der Waals surface area (Å²) < 4.78 is 0. The molecule has 5 nitrogen and oxygen atoms in total. The van der Waals surface area contributed by atoms with Crippen molar-refractivity contribution < 1.29 is 14.8 Å². The number of rotatable bonds is 3. The molecule has 0 saturated heterocycles. The third-order valence-electron chi connectivity index (χ3n) is 1.37. The van der Waals surface area contributed by atoms with E-state index in [0.29, 0.717) is 6.41 Å². The molecule has 13 heavy (non-hydrogen) atoms. The molecule has 0 aliphatic carbocycles. The van der Waals surface area contributed by atoms with Gasteiger partial charge in [-0.1, -0.05) is 11.6 Å². The molecule has 7 heteroatoms. The Morgan fingerprint density at radius 1 is 1.62 bits per heavy atom. The van der Waals surface area contributed by atoms with E-state index in [4.69, 9.17) is 21.6 Å². The van der Waals surface area contributed by atoms with Gasteiger partial charge in [-0.2, -0.15) is 0 Å². The van der Waals surface area contributed by atoms with Gasteiger partial charge in [-0.15, -0.1) is 0 Å². The summed E-state index contributed by atoms with van der Waals surface area (Å²) in [4.78, 5) is 13.7. The molecule has 3 N–H and O–H groups in total. The highest BCUT2D eigenvalue weighted by Crippen LogP contribution is 2.09. The Labute approximate surface area is 79.5 Å². The SMILES string of the molecule is O=CNc1cc(Cl)c(B(O)O)cn1. The van der Waals surface area contributed by atoms with Crippen LogP contribution in [0.1, 0.15) is 0 Å². The number of nitrogens with one attached hydrogen (secondary N) is 1. The molecule has 1 heterocycles. The van der Waals surface area contributed by atoms with Gasteiger partial charge in [0.1, 0.15) is 5.82 Å². The maximum absolute atomic E-state index is 10.0. The number of carbonyl (C=O) groups excluding carboxylic acids is 1. The average Bonchev–Trinajstić information content (AvgIpc) is 2.04. The van der Waals surface area contributed by atoms with Gasteiger partial charge in [-0.25, -0.2) is 4.98 Å². The van der Waals surface area contributed by atoms with Crippen molar-refractivity contribution in [1.82, 2.24) is 4.98 Å². The minimum absolute atomic E-state index is 0.0955. The van der Waals surface area contributed by atoms with E-state index < -0.39 is 7.12 Å². The van der Waals surface area contributed by atoms with Crippen LogP contribution in [0.25, 0.3) is 0 Å². The van der Waals surface area contributed by atoms with Crippen molar-refractivity contribution in [2.45, 2.75) is 0 Å². The molecule has 0 aromatic carbocycles. The molecule has 68 valence electrons. The minimum atomic E-state index is -1.66. The van der Waals surface area contributed by atoms with E-state index in [9.17, 15) is 4.79 Å². The van der Waals surface area contributed by atoms with Crippen LogP contribution in [0.4, 0.5) is 5.82 Å². The molecule has 1 aromatic heterocycles. The number of nitrogens with zero attached hydrogens (tertiary/aromatic N) is 1. The first-order valence-corrected chi connectivity index (χ1v) is 3.74. The molecule has 0 radical (unpaired) electrons. The average molecular weight is 200 g/mol. The van der Waals surface area contributed by atoms with Gasteiger partial charge in [-0.3, -0.25) is 4.79 Å². The molecule has 0 unspecified atom stereocenters. The summed E-state index contributed by atoms with van der Waals surface area (Å²) in [5.74, 6) is 0.254. The number of halogens is 1. The van der Waals surface area contributed by atoms with Crippen LogP contribution >= 0.6 is 11.6 Å². The minimum Gasteiger partial charge on any atom is -0.423 e. The van der Waals surface area contributed by atoms with E-state index in [0.717, 1.165) is 0 Å². The van der Waals surface area contributed by atoms with Crippen molar-refractivity contribution in [3.63, 3.8) is 0 Å². The number of hydrogen-bond acceptors (Lipinski definition) is 4. The van der Waals surface area contributed by atoms with Gasteiger partial charge in [0.05, 0.1) is 0 Å². The molecular formula is C6H6BClN2O3. The van der Waals surface area contributed by atoms with Gasteiger partial charge >= 0.3 is 7.12 Å². The quantitative estimate of drug-likeness (QED) is 0.431. The lowest BCUT2D eigenvalue weighted by Crippen LogP contribution is -2.31. The molecular weight excluding hydrogens is 194 g/mol. The first-order chi connectivity index (χ1) is 6.15. The number of carbonyl (C=O) groups is 1. The van der Waals surface area contributed by atoms with E-state index in [1.807, 2.05) is 0 Å². The van der Waals surface area contributed by atoms with Crippen molar-refractivity contribution in [1.29, 1.82) is 0 Å². The molecule has 1 rings (SSSR count). The van der Waals surface area contributed by atoms with Crippen LogP contribution in [0, 0.1) is 0 Å². The molecule has 1 aromatic rings. The maximum atomic E-state index is 10.0. The van der Waals surface area contributed by atoms with Gasteiger partial charge < -0.3 is 15.4 Å². The zero-order valence-electron chi connectivity index (χ0n) is 6.44. The van der Waals surface area contributed by atoms with E-state index in [1.165, 1.54) is 12.3 Å². The lowest BCUT2D eigenvalue weighted by atomic mass is 9.81. The number of anilines is 1. The largest absolute Gasteiger partial charge is 0.491 e. The highest BCUT2D eigenvalue weighted by Gasteiger charge is 2.15. The fraction of sp³-hybridized carbons (Fsp3) is 0. The van der Waals surface area contributed by atoms with Crippen LogP contribution in [-0.4, -0.2) is 28.6 Å². The molecule has 0 bridgehead atoms. The van der Waals surface area contributed by atoms with Crippen molar-refractivity contribution in [2.75, 3.05) is 5.32 Å². The summed E-state index contributed by atoms with van der Waals surface area (Å²) in [6.45, 7) is 0. The fourth-order valence-corrected chi connectivity index (χ4v) is 1.02. The second kappa shape index (κ2) is 4.22. The Bertz CT molecular complexity index is 321. The van der Waals surface area contributed by atoms with Gasteiger partial charge in [0, 0.05) is 16.7 Å². The van der Waals surface area contributed by atoms with Crippen molar-refractivity contribution in [3.05, 3.63) is 17.3 Å². The molecule has 1 amide bonds. The maximum Gasteiger partial charge on any atom is 0.491 e. The monoisotopic (exact) mass is 200 g/mol. The standard InChI is InChI=1S/C6H6BClN2O3/c8-5-1-6(10-3-11)9-2-4(5)7(12)13/h1-3,12-13H,(H,9,10,11). The Balaban J connectivity index is 2.98. The van der Waals surface area contributed by atoms with E-state index in [-0.39, 0.29) is 16.3 Å². The first kappa shape index (κ1) is 9.98. The zero-order chi connectivity index (χ0) is 9.84. The van der Waals surface area contributed by atoms with Crippen LogP contribution in [-0.2, 0) is 4.79 Å². The summed E-state index contributed by atoms with van der Waals surface area (Å²) in [5.41, 5.74) is 0.0955. The molecule has 0 aliphatic rings. The summed E-state index contributed by atoms with van der Waals surface area (Å²) in [6.07, 6.45) is 1.63. The van der Waals surface area contributed by atoms with Gasteiger partial charge in [0.15, 0.2) is 0 Å². The number of aromatic nitrogens is 1. The van der Waals surface area contributed by atoms with Gasteiger partial charge in [0.2, 0.25) is 6.41 Å². The highest BCUT2D eigenvalue weighted by molar-refractivity contribution is 6.62. The van der Waals surface area contributed by atoms with E-state index >= 15 is 0 Å². The molecule has 0 fully saturated rings. The normalized spacial score (nSPS) is 9.46. The Morgan fingerprint density at radius 3 is 2.77 bits per heavy atom. The lowest BCUT2D eigenvalue weighted by molar-refractivity contribution is -0.105. The van der Waals surface area contributed by atoms with E-state index in [1.54, 1.807) is 0 Å². The van der Waals surface area contributed by atoms with Crippen LogP contribution in [0.15, 0.2) is 12.3 Å². The van der Waals surface area contributed by atoms with Crippen LogP contribution in [0.5, 0.6) is 0 Å².